The summed E-state index contributed by atoms with van der Waals surface area (Å²) in [5.74, 6) is 0.852. The molecule has 0 spiro atoms. The van der Waals surface area contributed by atoms with E-state index in [-0.39, 0.29) is 10.8 Å². The van der Waals surface area contributed by atoms with Gasteiger partial charge in [-0.25, -0.2) is 12.4 Å². The average molecular weight is 490 g/mol. The first-order chi connectivity index (χ1) is 15.7. The van der Waals surface area contributed by atoms with E-state index in [2.05, 4.69) is 18.7 Å². The number of fused-ring (bicyclic) bond motifs is 1. The van der Waals surface area contributed by atoms with Crippen LogP contribution in [0.15, 0.2) is 47.4 Å². The Kier molecular flexibility index (Phi) is 6.44. The minimum atomic E-state index is -4.01. The number of ether oxygens (including phenoxy) is 1. The van der Waals surface area contributed by atoms with Crippen LogP contribution in [-0.4, -0.2) is 62.4 Å². The van der Waals surface area contributed by atoms with E-state index in [9.17, 15) is 13.2 Å². The van der Waals surface area contributed by atoms with Gasteiger partial charge < -0.3 is 14.5 Å². The summed E-state index contributed by atoms with van der Waals surface area (Å²) in [6.45, 7) is 5.76. The lowest BCUT2D eigenvalue weighted by atomic mass is 10.0. The van der Waals surface area contributed by atoms with Crippen LogP contribution in [0.2, 0.25) is 5.02 Å². The highest BCUT2D eigenvalue weighted by atomic mass is 35.5. The van der Waals surface area contributed by atoms with Crippen LogP contribution in [0.3, 0.4) is 0 Å². The van der Waals surface area contributed by atoms with E-state index in [4.69, 9.17) is 16.3 Å². The van der Waals surface area contributed by atoms with Gasteiger partial charge in [0.2, 0.25) is 6.41 Å². The maximum Gasteiger partial charge on any atom is 0.268 e. The van der Waals surface area contributed by atoms with Crippen molar-refractivity contribution < 1.29 is 17.9 Å². The second-order valence-corrected chi connectivity index (χ2v) is 10.9. The minimum Gasteiger partial charge on any atom is -0.497 e. The van der Waals surface area contributed by atoms with Gasteiger partial charge >= 0.3 is 0 Å². The summed E-state index contributed by atoms with van der Waals surface area (Å²) in [5, 5.41) is 0.867. The molecule has 9 heteroatoms. The molecular formula is C24H28ClN3O4S. The average Bonchev–Trinajstić information content (AvgIpc) is 3.11. The molecule has 1 saturated heterocycles. The molecule has 7 nitrogen and oxygen atoms in total. The van der Waals surface area contributed by atoms with Crippen LogP contribution in [0, 0.1) is 0 Å². The molecule has 1 atom stereocenters. The van der Waals surface area contributed by atoms with Crippen molar-refractivity contribution in [3.63, 3.8) is 0 Å². The molecule has 0 N–H and O–H groups in total. The molecule has 1 unspecified atom stereocenters. The first-order valence-corrected chi connectivity index (χ1v) is 12.6. The second kappa shape index (κ2) is 9.00. The topological polar surface area (TPSA) is 71.8 Å². The highest BCUT2D eigenvalue weighted by Crippen LogP contribution is 2.41. The fourth-order valence-electron chi connectivity index (χ4n) is 4.33. The van der Waals surface area contributed by atoms with Crippen LogP contribution < -0.4 is 4.74 Å². The smallest absolute Gasteiger partial charge is 0.268 e. The predicted molar refractivity (Wildman–Crippen MR) is 130 cm³/mol. The van der Waals surface area contributed by atoms with Crippen molar-refractivity contribution in [3.8, 4) is 5.75 Å². The van der Waals surface area contributed by atoms with E-state index in [1.165, 1.54) is 3.97 Å². The highest BCUT2D eigenvalue weighted by molar-refractivity contribution is 7.90. The van der Waals surface area contributed by atoms with Crippen molar-refractivity contribution >= 4 is 38.9 Å². The largest absolute Gasteiger partial charge is 0.497 e. The predicted octanol–water partition coefficient (Wildman–Crippen LogP) is 4.11. The molecule has 2 aromatic carbocycles. The third kappa shape index (κ3) is 4.11. The van der Waals surface area contributed by atoms with Crippen molar-refractivity contribution in [2.75, 3.05) is 33.8 Å². The summed E-state index contributed by atoms with van der Waals surface area (Å²) in [6, 6.07) is 11.5. The number of halogens is 1. The third-order valence-corrected chi connectivity index (χ3v) is 8.40. The third-order valence-electron chi connectivity index (χ3n) is 6.26. The van der Waals surface area contributed by atoms with Crippen LogP contribution in [0.4, 0.5) is 0 Å². The number of nitrogens with zero attached hydrogens (tertiary/aromatic N) is 3. The maximum atomic E-state index is 14.0. The van der Waals surface area contributed by atoms with Crippen molar-refractivity contribution in [1.29, 1.82) is 0 Å². The fourth-order valence-corrected chi connectivity index (χ4v) is 6.32. The molecule has 1 amide bonds. The number of rotatable bonds is 6. The first kappa shape index (κ1) is 23.6. The Hall–Kier alpha value is -2.55. The van der Waals surface area contributed by atoms with Gasteiger partial charge in [-0.2, -0.15) is 0 Å². The molecule has 0 bridgehead atoms. The van der Waals surface area contributed by atoms with Gasteiger partial charge in [-0.15, -0.1) is 0 Å². The van der Waals surface area contributed by atoms with E-state index in [0.717, 1.165) is 12.0 Å². The van der Waals surface area contributed by atoms with Crippen LogP contribution in [0.25, 0.3) is 10.9 Å². The molecule has 0 saturated carbocycles. The van der Waals surface area contributed by atoms with Gasteiger partial charge in [0, 0.05) is 25.0 Å². The van der Waals surface area contributed by atoms with Gasteiger partial charge in [0.15, 0.2) is 0 Å². The fraction of sp³-hybridized carbons (Fsp3) is 0.375. The van der Waals surface area contributed by atoms with Crippen LogP contribution in [0.1, 0.15) is 37.1 Å². The van der Waals surface area contributed by atoms with E-state index in [1.54, 1.807) is 42.3 Å². The molecule has 176 valence electrons. The number of benzene rings is 2. The van der Waals surface area contributed by atoms with Crippen LogP contribution >= 0.6 is 11.6 Å². The first-order valence-electron chi connectivity index (χ1n) is 10.8. The Morgan fingerprint density at radius 2 is 1.82 bits per heavy atom. The van der Waals surface area contributed by atoms with E-state index >= 15 is 0 Å². The van der Waals surface area contributed by atoms with E-state index in [1.807, 2.05) is 19.2 Å². The van der Waals surface area contributed by atoms with Gasteiger partial charge in [-0.3, -0.25) is 4.79 Å². The van der Waals surface area contributed by atoms with Crippen LogP contribution in [-0.2, 0) is 14.8 Å². The zero-order chi connectivity index (χ0) is 23.9. The summed E-state index contributed by atoms with van der Waals surface area (Å²) in [5.41, 5.74) is 1.88. The zero-order valence-corrected chi connectivity index (χ0v) is 20.7. The summed E-state index contributed by atoms with van der Waals surface area (Å²) in [4.78, 5) is 15.7. The maximum absolute atomic E-state index is 14.0. The van der Waals surface area contributed by atoms with Crippen molar-refractivity contribution in [2.24, 2.45) is 0 Å². The lowest BCUT2D eigenvalue weighted by Crippen LogP contribution is -2.47. The second-order valence-electron chi connectivity index (χ2n) is 8.70. The molecule has 0 aliphatic carbocycles. The van der Waals surface area contributed by atoms with Crippen LogP contribution in [0.5, 0.6) is 5.75 Å². The Balaban J connectivity index is 1.99. The number of hydrogen-bond donors (Lipinski definition) is 0. The number of likely N-dealkylation sites (N-methyl/N-ethyl adjacent to an activating group) is 1. The van der Waals surface area contributed by atoms with Crippen molar-refractivity contribution in [1.82, 2.24) is 13.8 Å². The molecule has 1 aliphatic heterocycles. The van der Waals surface area contributed by atoms with E-state index < -0.39 is 16.1 Å². The lowest BCUT2D eigenvalue weighted by molar-refractivity contribution is -0.122. The molecule has 2 heterocycles. The molecule has 0 radical (unpaired) electrons. The molecule has 1 fully saturated rings. The molecule has 4 rings (SSSR count). The van der Waals surface area contributed by atoms with Gasteiger partial charge in [-0.1, -0.05) is 37.6 Å². The lowest BCUT2D eigenvalue weighted by Gasteiger charge is -2.38. The number of aromatic nitrogens is 1. The molecular weight excluding hydrogens is 462 g/mol. The van der Waals surface area contributed by atoms with Gasteiger partial charge in [0.25, 0.3) is 10.0 Å². The minimum absolute atomic E-state index is 0.166. The van der Waals surface area contributed by atoms with Gasteiger partial charge in [0.1, 0.15) is 5.75 Å². The Labute approximate surface area is 199 Å². The zero-order valence-electron chi connectivity index (χ0n) is 19.2. The number of methoxy groups -OCH3 is 1. The van der Waals surface area contributed by atoms with Crippen molar-refractivity contribution in [3.05, 3.63) is 58.7 Å². The Bertz CT molecular complexity index is 1290. The number of amides is 1. The monoisotopic (exact) mass is 489 g/mol. The molecule has 1 aromatic heterocycles. The summed E-state index contributed by atoms with van der Waals surface area (Å²) in [6.07, 6.45) is 0.765. The SMILES string of the molecule is COc1ccc2c(c1)c(Cl)c(C1CN(C)CCN1C=O)n2S(=O)(=O)c1ccc(C(C)C)cc1. The van der Waals surface area contributed by atoms with Gasteiger partial charge in [0.05, 0.1) is 34.3 Å². The Morgan fingerprint density at radius 1 is 1.12 bits per heavy atom. The summed E-state index contributed by atoms with van der Waals surface area (Å²) in [7, 11) is -0.517. The van der Waals surface area contributed by atoms with Gasteiger partial charge in [-0.05, 0) is 48.9 Å². The summed E-state index contributed by atoms with van der Waals surface area (Å²) < 4.78 is 34.6. The van der Waals surface area contributed by atoms with E-state index in [0.29, 0.717) is 47.0 Å². The number of piperazine rings is 1. The highest BCUT2D eigenvalue weighted by Gasteiger charge is 2.36. The molecule has 33 heavy (non-hydrogen) atoms. The molecule has 1 aliphatic rings. The standard InChI is InChI=1S/C24H28ClN3O4S/c1-16(2)17-5-8-19(9-6-17)33(30,31)28-21-10-7-18(32-4)13-20(21)23(25)24(28)22-14-26(3)11-12-27(22)15-29/h5-10,13,15-16,22H,11-12,14H2,1-4H3. The normalized spacial score (nSPS) is 17.6. The number of carbonyl (C=O) groups excluding carboxylic acids is 1. The summed E-state index contributed by atoms with van der Waals surface area (Å²) >= 11 is 6.85. The Morgan fingerprint density at radius 3 is 2.42 bits per heavy atom. The molecule has 3 aromatic rings. The number of carbonyl (C=O) groups is 1. The quantitative estimate of drug-likeness (QED) is 0.487. The number of hydrogen-bond acceptors (Lipinski definition) is 5. The van der Waals surface area contributed by atoms with Crippen molar-refractivity contribution in [2.45, 2.75) is 30.7 Å².